The molecule has 0 spiro atoms. The molecule has 1 radical (unpaired) electrons. The van der Waals surface area contributed by atoms with Gasteiger partial charge in [0.15, 0.2) is 0 Å². The van der Waals surface area contributed by atoms with Crippen LogP contribution in [0.25, 0.3) is 0 Å². The first-order chi connectivity index (χ1) is 16.7. The van der Waals surface area contributed by atoms with Gasteiger partial charge in [0.2, 0.25) is 5.75 Å². The lowest BCUT2D eigenvalue weighted by Gasteiger charge is -2.30. The summed E-state index contributed by atoms with van der Waals surface area (Å²) < 4.78 is 18.0. The predicted molar refractivity (Wildman–Crippen MR) is 132 cm³/mol. The lowest BCUT2D eigenvalue weighted by molar-refractivity contribution is -0.385. The van der Waals surface area contributed by atoms with Crippen molar-refractivity contribution < 1.29 is 23.9 Å². The molecule has 0 N–H and O–H groups in total. The molecule has 2 aromatic rings. The van der Waals surface area contributed by atoms with E-state index >= 15 is 0 Å². The Morgan fingerprint density at radius 3 is 2.43 bits per heavy atom. The first kappa shape index (κ1) is 23.6. The maximum Gasteiger partial charge on any atom is 0.338 e. The number of fused-ring (bicyclic) bond motifs is 1. The molecule has 1 atom stereocenters. The second-order valence-corrected chi connectivity index (χ2v) is 10.8. The van der Waals surface area contributed by atoms with Crippen LogP contribution in [-0.4, -0.2) is 23.1 Å². The van der Waals surface area contributed by atoms with Gasteiger partial charge < -0.3 is 14.2 Å². The largest absolute Gasteiger partial charge is 0.493 e. The Kier molecular flexibility index (Phi) is 5.98. The fraction of sp³-hybridized carbons (Fsp3) is 0.500. The fourth-order valence-corrected chi connectivity index (χ4v) is 4.81. The quantitative estimate of drug-likeness (QED) is 0.238. The second kappa shape index (κ2) is 8.85. The van der Waals surface area contributed by atoms with E-state index in [0.717, 1.165) is 55.4 Å². The number of rotatable bonds is 7. The molecule has 1 unspecified atom stereocenters. The minimum Gasteiger partial charge on any atom is -0.493 e. The number of ether oxygens (including phenoxy) is 3. The van der Waals surface area contributed by atoms with Crippen molar-refractivity contribution in [1.29, 1.82) is 0 Å². The van der Waals surface area contributed by atoms with Crippen LogP contribution in [-0.2, 0) is 4.74 Å². The van der Waals surface area contributed by atoms with Crippen molar-refractivity contribution in [2.24, 2.45) is 0 Å². The Bertz CT molecular complexity index is 1170. The van der Waals surface area contributed by atoms with Crippen LogP contribution in [0, 0.1) is 17.0 Å². The third kappa shape index (κ3) is 4.86. The average molecular weight is 479 g/mol. The van der Waals surface area contributed by atoms with E-state index in [1.807, 2.05) is 0 Å². The van der Waals surface area contributed by atoms with Crippen LogP contribution >= 0.6 is 0 Å². The summed E-state index contributed by atoms with van der Waals surface area (Å²) in [5.74, 6) is 2.18. The minimum absolute atomic E-state index is 0.121. The van der Waals surface area contributed by atoms with E-state index in [2.05, 4.69) is 13.0 Å². The van der Waals surface area contributed by atoms with Gasteiger partial charge in [0, 0.05) is 11.6 Å². The molecule has 1 aliphatic heterocycles. The van der Waals surface area contributed by atoms with Crippen molar-refractivity contribution in [1.82, 2.24) is 0 Å². The van der Waals surface area contributed by atoms with Gasteiger partial charge in [0.05, 0.1) is 17.1 Å². The molecule has 3 aliphatic rings. The number of hydrogen-bond acceptors (Lipinski definition) is 6. The summed E-state index contributed by atoms with van der Waals surface area (Å²) in [6.07, 6.45) is 6.01. The molecule has 2 saturated carbocycles. The highest BCUT2D eigenvalue weighted by Gasteiger charge is 2.40. The monoisotopic (exact) mass is 478 g/mol. The highest BCUT2D eigenvalue weighted by Crippen LogP contribution is 2.58. The lowest BCUT2D eigenvalue weighted by Crippen LogP contribution is -2.23. The van der Waals surface area contributed by atoms with Gasteiger partial charge in [-0.15, -0.1) is 0 Å². The van der Waals surface area contributed by atoms with E-state index in [1.165, 1.54) is 23.8 Å². The van der Waals surface area contributed by atoms with E-state index in [0.29, 0.717) is 30.1 Å². The average Bonchev–Trinajstić information content (AvgIpc) is 3.70. The fourth-order valence-electron chi connectivity index (χ4n) is 4.81. The maximum atomic E-state index is 12.5. The Labute approximate surface area is 205 Å². The van der Waals surface area contributed by atoms with E-state index < -0.39 is 16.5 Å². The number of benzene rings is 2. The zero-order valence-corrected chi connectivity index (χ0v) is 20.6. The van der Waals surface area contributed by atoms with Crippen LogP contribution in [0.15, 0.2) is 24.3 Å². The van der Waals surface area contributed by atoms with Crippen LogP contribution < -0.4 is 9.47 Å². The van der Waals surface area contributed by atoms with Crippen LogP contribution in [0.2, 0.25) is 0 Å². The Morgan fingerprint density at radius 1 is 1.11 bits per heavy atom. The van der Waals surface area contributed by atoms with Gasteiger partial charge >= 0.3 is 11.7 Å². The highest BCUT2D eigenvalue weighted by atomic mass is 16.6. The molecular weight excluding hydrogens is 446 g/mol. The molecule has 7 heteroatoms. The van der Waals surface area contributed by atoms with E-state index in [-0.39, 0.29) is 17.0 Å². The van der Waals surface area contributed by atoms with Gasteiger partial charge in [-0.3, -0.25) is 10.1 Å². The standard InChI is InChI=1S/C28H32NO6/c1-5-16-12-13-33-25-20(16)15-21(17-6-7-17)26(24(25)18-8-9-18)34-23-11-10-19(14-22(23)29(31)32)27(30)35-28(2,3)4/h10-11,14-18H,1,5-9,12-13H2,2-4H3. The summed E-state index contributed by atoms with van der Waals surface area (Å²) in [6, 6.07) is 6.47. The van der Waals surface area contributed by atoms with Gasteiger partial charge in [-0.05, 0) is 106 Å². The number of carbonyl (C=O) groups excluding carboxylic acids is 1. The summed E-state index contributed by atoms with van der Waals surface area (Å²) in [5.41, 5.74) is 2.53. The van der Waals surface area contributed by atoms with Crippen molar-refractivity contribution in [2.45, 2.75) is 82.7 Å². The van der Waals surface area contributed by atoms with Crippen LogP contribution in [0.4, 0.5) is 5.69 Å². The van der Waals surface area contributed by atoms with Gasteiger partial charge in [0.25, 0.3) is 0 Å². The Balaban J connectivity index is 1.58. The minimum atomic E-state index is -0.700. The molecule has 0 amide bonds. The van der Waals surface area contributed by atoms with Crippen molar-refractivity contribution >= 4 is 11.7 Å². The maximum absolute atomic E-state index is 12.5. The topological polar surface area (TPSA) is 87.9 Å². The molecule has 2 aliphatic carbocycles. The lowest BCUT2D eigenvalue weighted by atomic mass is 9.85. The molecule has 5 rings (SSSR count). The van der Waals surface area contributed by atoms with Crippen LogP contribution in [0.1, 0.15) is 104 Å². The Hall–Kier alpha value is -3.09. The molecule has 0 bridgehead atoms. The second-order valence-electron chi connectivity index (χ2n) is 10.8. The van der Waals surface area contributed by atoms with E-state index in [4.69, 9.17) is 14.2 Å². The normalized spacial score (nSPS) is 19.5. The summed E-state index contributed by atoms with van der Waals surface area (Å²) in [7, 11) is 0. The van der Waals surface area contributed by atoms with Gasteiger partial charge in [-0.25, -0.2) is 4.79 Å². The summed E-state index contributed by atoms with van der Waals surface area (Å²) >= 11 is 0. The molecular formula is C28H32NO6. The summed E-state index contributed by atoms with van der Waals surface area (Å²) in [4.78, 5) is 24.0. The highest BCUT2D eigenvalue weighted by molar-refractivity contribution is 5.91. The van der Waals surface area contributed by atoms with Crippen molar-refractivity contribution in [3.8, 4) is 17.2 Å². The molecule has 35 heavy (non-hydrogen) atoms. The molecule has 2 aromatic carbocycles. The summed E-state index contributed by atoms with van der Waals surface area (Å²) in [6.45, 7) is 10.1. The van der Waals surface area contributed by atoms with Crippen molar-refractivity contribution in [2.75, 3.05) is 6.61 Å². The molecule has 185 valence electrons. The molecule has 2 fully saturated rings. The number of carbonyl (C=O) groups is 1. The zero-order valence-electron chi connectivity index (χ0n) is 20.6. The SMILES string of the molecule is [CH2]CC1CCOc2c1cc(C1CC1)c(Oc1ccc(C(=O)OC(C)(C)C)cc1[N+](=O)[O-])c2C1CC1. The number of nitro benzene ring substituents is 1. The predicted octanol–water partition coefficient (Wildman–Crippen LogP) is 7.19. The number of nitrogens with zero attached hydrogens (tertiary/aromatic N) is 1. The van der Waals surface area contributed by atoms with Crippen molar-refractivity contribution in [3.05, 3.63) is 63.6 Å². The molecule has 0 aromatic heterocycles. The van der Waals surface area contributed by atoms with Crippen molar-refractivity contribution in [3.63, 3.8) is 0 Å². The summed E-state index contributed by atoms with van der Waals surface area (Å²) in [5, 5.41) is 12.0. The first-order valence-corrected chi connectivity index (χ1v) is 12.5. The Morgan fingerprint density at radius 2 is 1.83 bits per heavy atom. The van der Waals surface area contributed by atoms with Gasteiger partial charge in [0.1, 0.15) is 17.1 Å². The third-order valence-electron chi connectivity index (χ3n) is 6.83. The van der Waals surface area contributed by atoms with Gasteiger partial charge in [-0.2, -0.15) is 0 Å². The smallest absolute Gasteiger partial charge is 0.338 e. The van der Waals surface area contributed by atoms with E-state index in [9.17, 15) is 14.9 Å². The third-order valence-corrected chi connectivity index (χ3v) is 6.83. The first-order valence-electron chi connectivity index (χ1n) is 12.5. The van der Waals surface area contributed by atoms with Gasteiger partial charge in [-0.1, -0.05) is 6.92 Å². The number of hydrogen-bond donors (Lipinski definition) is 0. The zero-order chi connectivity index (χ0) is 24.9. The van der Waals surface area contributed by atoms with Crippen LogP contribution in [0.3, 0.4) is 0 Å². The molecule has 1 heterocycles. The number of nitro groups is 1. The number of esters is 1. The van der Waals surface area contributed by atoms with E-state index in [1.54, 1.807) is 20.8 Å². The van der Waals surface area contributed by atoms with Crippen LogP contribution in [0.5, 0.6) is 17.2 Å². The molecule has 7 nitrogen and oxygen atoms in total. The molecule has 0 saturated heterocycles.